The monoisotopic (exact) mass is 364 g/mol. The Labute approximate surface area is 151 Å². The van der Waals surface area contributed by atoms with Crippen molar-refractivity contribution in [2.24, 2.45) is 0 Å². The van der Waals surface area contributed by atoms with Gasteiger partial charge < -0.3 is 0 Å². The van der Waals surface area contributed by atoms with Crippen LogP contribution in [-0.4, -0.2) is 13.1 Å². The molecule has 0 bridgehead atoms. The molecule has 7 heteroatoms. The summed E-state index contributed by atoms with van der Waals surface area (Å²) in [4.78, 5) is 18.0. The van der Waals surface area contributed by atoms with Gasteiger partial charge in [0.2, 0.25) is 0 Å². The molecule has 0 unspecified atom stereocenters. The van der Waals surface area contributed by atoms with Crippen LogP contribution in [0.1, 0.15) is 103 Å². The highest BCUT2D eigenvalue weighted by Crippen LogP contribution is 2.13. The Kier molecular flexibility index (Phi) is 22.6. The van der Waals surface area contributed by atoms with Crippen LogP contribution < -0.4 is 0 Å². The zero-order valence-electron chi connectivity index (χ0n) is 15.7. The molecule has 0 spiro atoms. The van der Waals surface area contributed by atoms with E-state index in [2.05, 4.69) is 36.9 Å². The van der Waals surface area contributed by atoms with Gasteiger partial charge in [-0.15, -0.1) is 0 Å². The van der Waals surface area contributed by atoms with Gasteiger partial charge >= 0.3 is 6.47 Å². The first kappa shape index (κ1) is 24.3. The van der Waals surface area contributed by atoms with Crippen LogP contribution in [0.15, 0.2) is 0 Å². The van der Waals surface area contributed by atoms with Crippen LogP contribution >= 0.6 is 0 Å². The van der Waals surface area contributed by atoms with Gasteiger partial charge in [0.1, 0.15) is 0 Å². The summed E-state index contributed by atoms with van der Waals surface area (Å²) in [5, 5.41) is 15.6. The van der Waals surface area contributed by atoms with Gasteiger partial charge in [0.25, 0.3) is 0 Å². The first-order valence-corrected chi connectivity index (χ1v) is 9.80. The first-order chi connectivity index (χ1) is 12.4. The summed E-state index contributed by atoms with van der Waals surface area (Å²) in [6, 6.07) is 0. The molecule has 0 saturated heterocycles. The number of unbranched alkanes of at least 4 members (excludes halogenated alkanes) is 14. The largest absolute Gasteiger partial charge is 0.334 e. The Hall–Kier alpha value is -0.730. The third kappa shape index (κ3) is 23.3. The molecule has 0 atom stereocenters. The minimum absolute atomic E-state index is 0.0276. The Bertz CT molecular complexity index is 252. The lowest BCUT2D eigenvalue weighted by molar-refractivity contribution is -0.748. The number of rotatable bonds is 22. The van der Waals surface area contributed by atoms with E-state index in [-0.39, 0.29) is 6.47 Å². The fourth-order valence-electron chi connectivity index (χ4n) is 2.64. The average molecular weight is 364 g/mol. The zero-order valence-corrected chi connectivity index (χ0v) is 15.7. The summed E-state index contributed by atoms with van der Waals surface area (Å²) in [6.07, 6.45) is 19.7. The lowest BCUT2D eigenvalue weighted by Gasteiger charge is -2.03. The first-order valence-electron chi connectivity index (χ1n) is 9.80. The zero-order chi connectivity index (χ0) is 18.3. The van der Waals surface area contributed by atoms with Gasteiger partial charge in [-0.2, -0.15) is 0 Å². The van der Waals surface area contributed by atoms with Gasteiger partial charge in [0.15, 0.2) is 0 Å². The van der Waals surface area contributed by atoms with E-state index in [0.717, 1.165) is 12.8 Å². The SMILES string of the molecule is CCCCCCCCCCCCCCCCCOOOOOOC=O. The van der Waals surface area contributed by atoms with E-state index in [9.17, 15) is 4.79 Å². The summed E-state index contributed by atoms with van der Waals surface area (Å²) >= 11 is 0. The van der Waals surface area contributed by atoms with Crippen molar-refractivity contribution >= 4 is 6.47 Å². The molecule has 0 aliphatic heterocycles. The van der Waals surface area contributed by atoms with Gasteiger partial charge in [-0.3, -0.25) is 9.68 Å². The van der Waals surface area contributed by atoms with E-state index in [1.165, 1.54) is 83.5 Å². The second-order valence-electron chi connectivity index (χ2n) is 6.24. The van der Waals surface area contributed by atoms with Gasteiger partial charge in [0.05, 0.1) is 6.61 Å². The van der Waals surface area contributed by atoms with Crippen molar-refractivity contribution in [1.82, 2.24) is 0 Å². The standard InChI is InChI=1S/C18H36O7/c1-2-3-4-5-6-7-8-9-10-11-12-13-14-15-16-17-20-22-24-25-23-21-18-19/h18H,2-17H2,1H3. The molecule has 0 amide bonds. The van der Waals surface area contributed by atoms with Crippen molar-refractivity contribution < 1.29 is 34.7 Å². The summed E-state index contributed by atoms with van der Waals surface area (Å²) in [6.45, 7) is 2.69. The molecule has 0 aromatic carbocycles. The number of hydrogen-bond donors (Lipinski definition) is 0. The van der Waals surface area contributed by atoms with E-state index < -0.39 is 0 Å². The molecule has 0 aliphatic carbocycles. The Balaban J connectivity index is 2.95. The Morgan fingerprint density at radius 1 is 0.560 bits per heavy atom. The quantitative estimate of drug-likeness (QED) is 0.106. The second-order valence-corrected chi connectivity index (χ2v) is 6.24. The van der Waals surface area contributed by atoms with E-state index in [1.807, 2.05) is 0 Å². The Morgan fingerprint density at radius 2 is 1.00 bits per heavy atom. The predicted molar refractivity (Wildman–Crippen MR) is 92.4 cm³/mol. The van der Waals surface area contributed by atoms with Crippen molar-refractivity contribution in [2.75, 3.05) is 6.61 Å². The lowest BCUT2D eigenvalue weighted by Crippen LogP contribution is -2.01. The molecule has 25 heavy (non-hydrogen) atoms. The minimum Gasteiger partial charge on any atom is -0.270 e. The van der Waals surface area contributed by atoms with E-state index in [4.69, 9.17) is 0 Å². The highest BCUT2D eigenvalue weighted by atomic mass is 17.8. The fourth-order valence-corrected chi connectivity index (χ4v) is 2.64. The van der Waals surface area contributed by atoms with Gasteiger partial charge in [-0.1, -0.05) is 96.8 Å². The van der Waals surface area contributed by atoms with E-state index >= 15 is 0 Å². The molecule has 0 saturated carbocycles. The van der Waals surface area contributed by atoms with Gasteiger partial charge in [-0.05, 0) is 16.5 Å². The number of hydrogen-bond acceptors (Lipinski definition) is 7. The van der Waals surface area contributed by atoms with Gasteiger partial charge in [0, 0.05) is 10.1 Å². The molecule has 0 aromatic heterocycles. The van der Waals surface area contributed by atoms with E-state index in [1.54, 1.807) is 0 Å². The molecular formula is C18H36O7. The molecular weight excluding hydrogens is 328 g/mol. The van der Waals surface area contributed by atoms with Crippen molar-refractivity contribution in [3.8, 4) is 0 Å². The molecule has 0 aromatic rings. The van der Waals surface area contributed by atoms with Gasteiger partial charge in [-0.25, -0.2) is 4.89 Å². The maximum atomic E-state index is 9.65. The van der Waals surface area contributed by atoms with E-state index in [0.29, 0.717) is 6.61 Å². The van der Waals surface area contributed by atoms with Crippen LogP contribution in [0.3, 0.4) is 0 Å². The smallest absolute Gasteiger partial charge is 0.270 e. The molecule has 0 aliphatic rings. The summed E-state index contributed by atoms with van der Waals surface area (Å²) < 4.78 is 0. The maximum Gasteiger partial charge on any atom is 0.334 e. The van der Waals surface area contributed by atoms with Crippen LogP contribution in [0.2, 0.25) is 0 Å². The summed E-state index contributed by atoms with van der Waals surface area (Å²) in [5.41, 5.74) is 0. The van der Waals surface area contributed by atoms with Crippen molar-refractivity contribution in [1.29, 1.82) is 0 Å². The lowest BCUT2D eigenvalue weighted by atomic mass is 10.0. The van der Waals surface area contributed by atoms with Crippen LogP contribution in [0.5, 0.6) is 0 Å². The number of carbonyl (C=O) groups is 1. The van der Waals surface area contributed by atoms with Crippen LogP contribution in [-0.2, 0) is 34.7 Å². The molecule has 0 heterocycles. The molecule has 150 valence electrons. The minimum atomic E-state index is 0.0276. The second kappa shape index (κ2) is 23.3. The third-order valence-corrected chi connectivity index (χ3v) is 4.04. The molecule has 7 nitrogen and oxygen atoms in total. The normalized spacial score (nSPS) is 10.9. The fraction of sp³-hybridized carbons (Fsp3) is 0.944. The Morgan fingerprint density at radius 3 is 1.48 bits per heavy atom. The average Bonchev–Trinajstić information content (AvgIpc) is 2.63. The topological polar surface area (TPSA) is 72.5 Å². The van der Waals surface area contributed by atoms with Crippen molar-refractivity contribution in [3.63, 3.8) is 0 Å². The van der Waals surface area contributed by atoms with Crippen LogP contribution in [0, 0.1) is 0 Å². The number of carbonyl (C=O) groups excluding carboxylic acids is 1. The highest BCUT2D eigenvalue weighted by Gasteiger charge is 1.96. The van der Waals surface area contributed by atoms with Crippen LogP contribution in [0.4, 0.5) is 0 Å². The molecule has 0 radical (unpaired) electrons. The van der Waals surface area contributed by atoms with Crippen molar-refractivity contribution in [2.45, 2.75) is 103 Å². The van der Waals surface area contributed by atoms with Crippen molar-refractivity contribution in [3.05, 3.63) is 0 Å². The van der Waals surface area contributed by atoms with Crippen LogP contribution in [0.25, 0.3) is 0 Å². The predicted octanol–water partition coefficient (Wildman–Crippen LogP) is 5.69. The summed E-state index contributed by atoms with van der Waals surface area (Å²) in [7, 11) is 0. The molecule has 0 N–H and O–H groups in total. The highest BCUT2D eigenvalue weighted by molar-refractivity contribution is 5.35. The third-order valence-electron chi connectivity index (χ3n) is 4.04. The summed E-state index contributed by atoms with van der Waals surface area (Å²) in [5.74, 6) is 0. The molecule has 0 fully saturated rings. The maximum absolute atomic E-state index is 9.65. The molecule has 0 rings (SSSR count).